The van der Waals surface area contributed by atoms with Crippen molar-refractivity contribution in [3.8, 4) is 0 Å². The van der Waals surface area contributed by atoms with Gasteiger partial charge in [0.1, 0.15) is 0 Å². The molecule has 3 nitrogen and oxygen atoms in total. The lowest BCUT2D eigenvalue weighted by Crippen LogP contribution is -2.23. The van der Waals surface area contributed by atoms with Crippen molar-refractivity contribution in [2.45, 2.75) is 25.3 Å². The van der Waals surface area contributed by atoms with Crippen LogP contribution in [0.2, 0.25) is 0 Å². The molecule has 1 rings (SSSR count). The first-order valence-electron chi connectivity index (χ1n) is 3.58. The van der Waals surface area contributed by atoms with Gasteiger partial charge in [0, 0.05) is 11.8 Å². The zero-order chi connectivity index (χ0) is 7.40. The van der Waals surface area contributed by atoms with Crippen LogP contribution in [0.5, 0.6) is 0 Å². The molecule has 1 saturated heterocycles. The number of hydrogen-bond acceptors (Lipinski definition) is 3. The smallest absolute Gasteiger partial charge is 0.0116 e. The Labute approximate surface area is 63.5 Å². The molecule has 2 atom stereocenters. The molecule has 0 spiro atoms. The molecule has 0 aliphatic carbocycles. The van der Waals surface area contributed by atoms with Crippen molar-refractivity contribution in [1.82, 2.24) is 5.32 Å². The van der Waals surface area contributed by atoms with Crippen LogP contribution in [0.15, 0.2) is 0 Å². The van der Waals surface area contributed by atoms with Crippen molar-refractivity contribution < 1.29 is 8.76 Å². The molecular weight excluding hydrogens is 150 g/mol. The Hall–Kier alpha value is 0.0700. The highest BCUT2D eigenvalue weighted by molar-refractivity contribution is 7.79. The van der Waals surface area contributed by atoms with E-state index < -0.39 is 11.1 Å². The highest BCUT2D eigenvalue weighted by Crippen LogP contribution is 2.08. The molecule has 1 aliphatic heterocycles. The minimum atomic E-state index is -1.85. The van der Waals surface area contributed by atoms with Gasteiger partial charge in [-0.1, -0.05) is 11.1 Å². The Morgan fingerprint density at radius 2 is 2.50 bits per heavy atom. The second kappa shape index (κ2) is 4.05. The van der Waals surface area contributed by atoms with E-state index in [0.29, 0.717) is 11.8 Å². The zero-order valence-electron chi connectivity index (χ0n) is 5.84. The molecule has 10 heavy (non-hydrogen) atoms. The maximum absolute atomic E-state index is 10.1. The average molecular weight is 162 g/mol. The van der Waals surface area contributed by atoms with E-state index in [2.05, 4.69) is 5.32 Å². The first-order valence-corrected chi connectivity index (χ1v) is 4.82. The lowest BCUT2D eigenvalue weighted by atomic mass is 10.2. The Balaban J connectivity index is 2.07. The third-order valence-electron chi connectivity index (χ3n) is 1.80. The van der Waals surface area contributed by atoms with E-state index in [1.807, 2.05) is 0 Å². The molecule has 0 aromatic rings. The lowest BCUT2D eigenvalue weighted by Gasteiger charge is -2.10. The Bertz CT molecular complexity index is 123. The first kappa shape index (κ1) is 8.17. The quantitative estimate of drug-likeness (QED) is 0.595. The predicted octanol–water partition coefficient (Wildman–Crippen LogP) is 0.00760. The summed E-state index contributed by atoms with van der Waals surface area (Å²) in [5.74, 6) is 0.303. The Kier molecular flexibility index (Phi) is 3.31. The van der Waals surface area contributed by atoms with Crippen molar-refractivity contribution in [2.24, 2.45) is 0 Å². The van der Waals surface area contributed by atoms with Crippen LogP contribution in [0.25, 0.3) is 0 Å². The molecular formula is C6H12NO2S-. The summed E-state index contributed by atoms with van der Waals surface area (Å²) in [5.41, 5.74) is 0. The summed E-state index contributed by atoms with van der Waals surface area (Å²) in [5, 5.41) is 3.24. The molecule has 60 valence electrons. The van der Waals surface area contributed by atoms with Crippen LogP contribution < -0.4 is 5.32 Å². The largest absolute Gasteiger partial charge is 0.772 e. The van der Waals surface area contributed by atoms with Gasteiger partial charge in [0.05, 0.1) is 0 Å². The molecule has 0 amide bonds. The van der Waals surface area contributed by atoms with E-state index >= 15 is 0 Å². The van der Waals surface area contributed by atoms with Crippen molar-refractivity contribution in [3.05, 3.63) is 0 Å². The fourth-order valence-electron chi connectivity index (χ4n) is 1.24. The van der Waals surface area contributed by atoms with E-state index in [-0.39, 0.29) is 0 Å². The molecule has 1 heterocycles. The van der Waals surface area contributed by atoms with Crippen LogP contribution in [-0.2, 0) is 11.1 Å². The van der Waals surface area contributed by atoms with Crippen LogP contribution in [-0.4, -0.2) is 27.1 Å². The highest BCUT2D eigenvalue weighted by Gasteiger charge is 2.12. The summed E-state index contributed by atoms with van der Waals surface area (Å²) in [6.45, 7) is 1.05. The van der Waals surface area contributed by atoms with Gasteiger partial charge in [-0.25, -0.2) is 0 Å². The molecule has 0 bridgehead atoms. The van der Waals surface area contributed by atoms with Crippen LogP contribution in [0.4, 0.5) is 0 Å². The van der Waals surface area contributed by atoms with Gasteiger partial charge in [-0.2, -0.15) is 0 Å². The van der Waals surface area contributed by atoms with Gasteiger partial charge in [-0.15, -0.1) is 0 Å². The van der Waals surface area contributed by atoms with Crippen molar-refractivity contribution in [3.63, 3.8) is 0 Å². The second-order valence-corrected chi connectivity index (χ2v) is 3.61. The molecule has 0 radical (unpaired) electrons. The maximum Gasteiger partial charge on any atom is 0.0116 e. The number of nitrogens with one attached hydrogen (secondary N) is 1. The van der Waals surface area contributed by atoms with Gasteiger partial charge < -0.3 is 9.87 Å². The van der Waals surface area contributed by atoms with E-state index in [4.69, 9.17) is 0 Å². The third-order valence-corrected chi connectivity index (χ3v) is 2.36. The monoisotopic (exact) mass is 162 g/mol. The van der Waals surface area contributed by atoms with Gasteiger partial charge in [-0.3, -0.25) is 4.21 Å². The minimum Gasteiger partial charge on any atom is -0.772 e. The van der Waals surface area contributed by atoms with E-state index in [1.54, 1.807) is 0 Å². The van der Waals surface area contributed by atoms with E-state index in [1.165, 1.54) is 6.42 Å². The topological polar surface area (TPSA) is 52.2 Å². The lowest BCUT2D eigenvalue weighted by molar-refractivity contribution is 0.522. The highest BCUT2D eigenvalue weighted by atomic mass is 32.2. The van der Waals surface area contributed by atoms with Gasteiger partial charge in [0.15, 0.2) is 0 Å². The number of hydrogen-bond donors (Lipinski definition) is 1. The SMILES string of the molecule is O=S([O-])CC[C@H]1CCCN1. The maximum atomic E-state index is 10.1. The molecule has 0 saturated carbocycles. The minimum absolute atomic E-state index is 0.303. The van der Waals surface area contributed by atoms with Crippen LogP contribution in [0.1, 0.15) is 19.3 Å². The first-order chi connectivity index (χ1) is 4.79. The third kappa shape index (κ3) is 2.77. The van der Waals surface area contributed by atoms with Crippen molar-refractivity contribution in [1.29, 1.82) is 0 Å². The van der Waals surface area contributed by atoms with E-state index in [9.17, 15) is 8.76 Å². The van der Waals surface area contributed by atoms with Gasteiger partial charge in [-0.05, 0) is 25.8 Å². The van der Waals surface area contributed by atoms with Crippen LogP contribution in [0.3, 0.4) is 0 Å². The molecule has 1 N–H and O–H groups in total. The molecule has 0 aromatic heterocycles. The van der Waals surface area contributed by atoms with Crippen molar-refractivity contribution in [2.75, 3.05) is 12.3 Å². The summed E-state index contributed by atoms with van der Waals surface area (Å²) < 4.78 is 20.3. The standard InChI is InChI=1S/C6H13NO2S/c8-10(9)5-3-6-2-1-4-7-6/h6-7H,1-5H2,(H,8,9)/p-1/t6-/m1/s1. The average Bonchev–Trinajstić information content (AvgIpc) is 2.34. The summed E-state index contributed by atoms with van der Waals surface area (Å²) in [6, 6.07) is 0.456. The molecule has 4 heteroatoms. The second-order valence-electron chi connectivity index (χ2n) is 2.59. The summed E-state index contributed by atoms with van der Waals surface area (Å²) in [4.78, 5) is 0. The summed E-state index contributed by atoms with van der Waals surface area (Å²) >= 11 is -1.85. The normalized spacial score (nSPS) is 28.7. The van der Waals surface area contributed by atoms with Crippen molar-refractivity contribution >= 4 is 11.1 Å². The summed E-state index contributed by atoms with van der Waals surface area (Å²) in [7, 11) is 0. The fourth-order valence-corrected chi connectivity index (χ4v) is 1.72. The van der Waals surface area contributed by atoms with Crippen LogP contribution in [0, 0.1) is 0 Å². The molecule has 1 aliphatic rings. The van der Waals surface area contributed by atoms with Gasteiger partial charge in [0.25, 0.3) is 0 Å². The van der Waals surface area contributed by atoms with Crippen LogP contribution >= 0.6 is 0 Å². The van der Waals surface area contributed by atoms with E-state index in [0.717, 1.165) is 19.4 Å². The molecule has 0 aromatic carbocycles. The Morgan fingerprint density at radius 3 is 3.00 bits per heavy atom. The molecule has 1 fully saturated rings. The molecule has 1 unspecified atom stereocenters. The van der Waals surface area contributed by atoms with Gasteiger partial charge in [0.2, 0.25) is 0 Å². The van der Waals surface area contributed by atoms with Gasteiger partial charge >= 0.3 is 0 Å². The Morgan fingerprint density at radius 1 is 1.70 bits per heavy atom. The predicted molar refractivity (Wildman–Crippen MR) is 39.4 cm³/mol. The number of rotatable bonds is 3. The summed E-state index contributed by atoms with van der Waals surface area (Å²) in [6.07, 6.45) is 3.10. The fraction of sp³-hybridized carbons (Fsp3) is 1.00. The zero-order valence-corrected chi connectivity index (χ0v) is 6.65.